The number of halogens is 1. The summed E-state index contributed by atoms with van der Waals surface area (Å²) >= 11 is 7.11. The minimum Gasteiger partial charge on any atom is -0.367 e. The van der Waals surface area contributed by atoms with Gasteiger partial charge in [-0.15, -0.1) is 9.19 Å². The van der Waals surface area contributed by atoms with Crippen molar-refractivity contribution < 1.29 is 8.42 Å². The number of anilines is 1. The predicted molar refractivity (Wildman–Crippen MR) is 107 cm³/mol. The lowest BCUT2D eigenvalue weighted by Crippen LogP contribution is -2.17. The molecule has 0 radical (unpaired) electrons. The molecule has 0 aliphatic rings. The maximum atomic E-state index is 12.9. The molecule has 4 rings (SSSR count). The van der Waals surface area contributed by atoms with Gasteiger partial charge in [0.15, 0.2) is 0 Å². The van der Waals surface area contributed by atoms with Gasteiger partial charge >= 0.3 is 5.69 Å². The normalized spacial score (nSPS) is 11.9. The lowest BCUT2D eigenvalue weighted by Gasteiger charge is -2.05. The Labute approximate surface area is 168 Å². The molecule has 0 spiro atoms. The summed E-state index contributed by atoms with van der Waals surface area (Å²) in [6.45, 7) is 0. The van der Waals surface area contributed by atoms with E-state index in [-0.39, 0.29) is 16.0 Å². The van der Waals surface area contributed by atoms with Crippen molar-refractivity contribution in [2.24, 2.45) is 0 Å². The van der Waals surface area contributed by atoms with Crippen LogP contribution in [0.4, 0.5) is 5.95 Å². The SMILES string of the molecule is Nc1nc(SCc2ccc(Cl)cc2)nn1S(=O)(=O)c1ccc2[nH]c(=O)[nH]c2c1. The zero-order chi connectivity index (χ0) is 19.9. The van der Waals surface area contributed by atoms with E-state index in [0.717, 1.165) is 5.56 Å². The molecule has 0 aliphatic heterocycles. The van der Waals surface area contributed by atoms with E-state index in [2.05, 4.69) is 20.1 Å². The van der Waals surface area contributed by atoms with E-state index >= 15 is 0 Å². The molecule has 12 heteroatoms. The number of thioether (sulfide) groups is 1. The Kier molecular flexibility index (Phi) is 4.65. The molecule has 0 fully saturated rings. The molecule has 0 bridgehead atoms. The second kappa shape index (κ2) is 7.00. The van der Waals surface area contributed by atoms with Crippen LogP contribution in [0.5, 0.6) is 0 Å². The zero-order valence-corrected chi connectivity index (χ0v) is 16.5. The fourth-order valence-corrected chi connectivity index (χ4v) is 4.67. The lowest BCUT2D eigenvalue weighted by atomic mass is 10.2. The summed E-state index contributed by atoms with van der Waals surface area (Å²) in [5.74, 6) is 0.276. The summed E-state index contributed by atoms with van der Waals surface area (Å²) in [5, 5.41) is 4.89. The average molecular weight is 437 g/mol. The summed E-state index contributed by atoms with van der Waals surface area (Å²) in [6.07, 6.45) is 0. The fourth-order valence-electron chi connectivity index (χ4n) is 2.53. The Morgan fingerprint density at radius 2 is 1.82 bits per heavy atom. The van der Waals surface area contributed by atoms with Gasteiger partial charge in [0.05, 0.1) is 15.9 Å². The van der Waals surface area contributed by atoms with Crippen LogP contribution in [0.15, 0.2) is 57.3 Å². The van der Waals surface area contributed by atoms with Gasteiger partial charge in [-0.2, -0.15) is 13.4 Å². The van der Waals surface area contributed by atoms with Gasteiger partial charge in [0, 0.05) is 10.8 Å². The molecule has 2 aromatic carbocycles. The first-order valence-electron chi connectivity index (χ1n) is 7.90. The Balaban J connectivity index is 1.62. The first kappa shape index (κ1) is 18.6. The summed E-state index contributed by atoms with van der Waals surface area (Å²) in [7, 11) is -4.07. The maximum Gasteiger partial charge on any atom is 0.323 e. The lowest BCUT2D eigenvalue weighted by molar-refractivity contribution is 0.579. The van der Waals surface area contributed by atoms with Crippen LogP contribution in [0, 0.1) is 0 Å². The molecule has 4 aromatic rings. The van der Waals surface area contributed by atoms with E-state index in [4.69, 9.17) is 17.3 Å². The Morgan fingerprint density at radius 3 is 2.57 bits per heavy atom. The number of rotatable bonds is 5. The van der Waals surface area contributed by atoms with Crippen molar-refractivity contribution in [1.29, 1.82) is 0 Å². The Morgan fingerprint density at radius 1 is 1.11 bits per heavy atom. The van der Waals surface area contributed by atoms with Gasteiger partial charge in [0.25, 0.3) is 10.0 Å². The largest absolute Gasteiger partial charge is 0.367 e. The van der Waals surface area contributed by atoms with Gasteiger partial charge in [-0.3, -0.25) is 0 Å². The van der Waals surface area contributed by atoms with E-state index in [9.17, 15) is 13.2 Å². The molecule has 28 heavy (non-hydrogen) atoms. The number of nitrogens with one attached hydrogen (secondary N) is 2. The van der Waals surface area contributed by atoms with Crippen molar-refractivity contribution in [2.75, 3.05) is 5.73 Å². The first-order chi connectivity index (χ1) is 13.3. The monoisotopic (exact) mass is 436 g/mol. The average Bonchev–Trinajstić information content (AvgIpc) is 3.22. The topological polar surface area (TPSA) is 140 Å². The van der Waals surface area contributed by atoms with E-state index in [1.54, 1.807) is 12.1 Å². The number of hydrogen-bond acceptors (Lipinski definition) is 7. The molecule has 2 aromatic heterocycles. The van der Waals surface area contributed by atoms with Crippen molar-refractivity contribution in [3.05, 3.63) is 63.5 Å². The standard InChI is InChI=1S/C16H13ClN6O3S2/c17-10-3-1-9(2-4-10)8-27-16-21-14(18)23(22-16)28(25,26)11-5-6-12-13(7-11)20-15(24)19-12/h1-7H,8H2,(H2,18,21,22)(H2,19,20,24). The van der Waals surface area contributed by atoms with Crippen LogP contribution in [0.3, 0.4) is 0 Å². The van der Waals surface area contributed by atoms with Crippen LogP contribution in [-0.4, -0.2) is 32.6 Å². The molecule has 0 aliphatic carbocycles. The van der Waals surface area contributed by atoms with E-state index in [1.807, 2.05) is 12.1 Å². The van der Waals surface area contributed by atoms with Crippen molar-refractivity contribution in [1.82, 2.24) is 24.1 Å². The highest BCUT2D eigenvalue weighted by Crippen LogP contribution is 2.24. The molecule has 9 nitrogen and oxygen atoms in total. The van der Waals surface area contributed by atoms with Gasteiger partial charge in [0.1, 0.15) is 0 Å². The van der Waals surface area contributed by atoms with Crippen LogP contribution in [0.25, 0.3) is 11.0 Å². The number of aromatic nitrogens is 5. The van der Waals surface area contributed by atoms with Crippen LogP contribution in [0.1, 0.15) is 5.56 Å². The van der Waals surface area contributed by atoms with Gasteiger partial charge in [-0.05, 0) is 35.9 Å². The molecule has 0 atom stereocenters. The second-order valence-electron chi connectivity index (χ2n) is 5.80. The van der Waals surface area contributed by atoms with Gasteiger partial charge < -0.3 is 15.7 Å². The number of fused-ring (bicyclic) bond motifs is 1. The van der Waals surface area contributed by atoms with Crippen molar-refractivity contribution >= 4 is 50.4 Å². The number of hydrogen-bond donors (Lipinski definition) is 3. The highest BCUT2D eigenvalue weighted by molar-refractivity contribution is 7.98. The van der Waals surface area contributed by atoms with Crippen molar-refractivity contribution in [3.63, 3.8) is 0 Å². The van der Waals surface area contributed by atoms with E-state index in [1.165, 1.54) is 30.0 Å². The van der Waals surface area contributed by atoms with Crippen LogP contribution < -0.4 is 11.4 Å². The number of nitrogens with zero attached hydrogens (tertiary/aromatic N) is 3. The molecular weight excluding hydrogens is 424 g/mol. The number of nitrogen functional groups attached to an aromatic ring is 1. The second-order valence-corrected chi connectivity index (χ2v) is 8.95. The Hall–Kier alpha value is -2.76. The minimum atomic E-state index is -4.07. The number of aromatic amines is 2. The molecule has 144 valence electrons. The molecule has 0 saturated carbocycles. The van der Waals surface area contributed by atoms with Crippen molar-refractivity contribution in [2.45, 2.75) is 15.8 Å². The number of H-pyrrole nitrogens is 2. The number of nitrogens with two attached hydrogens (primary N) is 1. The first-order valence-corrected chi connectivity index (χ1v) is 10.7. The van der Waals surface area contributed by atoms with Crippen LogP contribution in [0.2, 0.25) is 5.02 Å². The van der Waals surface area contributed by atoms with Crippen molar-refractivity contribution in [3.8, 4) is 0 Å². The third-order valence-electron chi connectivity index (χ3n) is 3.88. The fraction of sp³-hybridized carbons (Fsp3) is 0.0625. The van der Waals surface area contributed by atoms with E-state index < -0.39 is 15.7 Å². The molecule has 4 N–H and O–H groups in total. The highest BCUT2D eigenvalue weighted by Gasteiger charge is 2.23. The molecule has 0 saturated heterocycles. The van der Waals surface area contributed by atoms with Crippen LogP contribution >= 0.6 is 23.4 Å². The summed E-state index contributed by atoms with van der Waals surface area (Å²) in [4.78, 5) is 20.4. The molecule has 0 unspecified atom stereocenters. The quantitative estimate of drug-likeness (QED) is 0.407. The smallest absolute Gasteiger partial charge is 0.323 e. The van der Waals surface area contributed by atoms with Gasteiger partial charge in [-0.25, -0.2) is 4.79 Å². The Bertz CT molecular complexity index is 1320. The molecule has 2 heterocycles. The summed E-state index contributed by atoms with van der Waals surface area (Å²) < 4.78 is 26.5. The highest BCUT2D eigenvalue weighted by atomic mass is 35.5. The minimum absolute atomic E-state index is 0.0684. The molecule has 0 amide bonds. The molecular formula is C16H13ClN6O3S2. The number of imidazole rings is 1. The number of benzene rings is 2. The summed E-state index contributed by atoms with van der Waals surface area (Å²) in [6, 6.07) is 11.4. The van der Waals surface area contributed by atoms with Gasteiger partial charge in [-0.1, -0.05) is 35.5 Å². The van der Waals surface area contributed by atoms with E-state index in [0.29, 0.717) is 25.9 Å². The third kappa shape index (κ3) is 3.51. The van der Waals surface area contributed by atoms with Crippen LogP contribution in [-0.2, 0) is 15.8 Å². The van der Waals surface area contributed by atoms with Gasteiger partial charge in [0.2, 0.25) is 11.1 Å². The maximum absolute atomic E-state index is 12.9. The third-order valence-corrected chi connectivity index (χ3v) is 6.61. The predicted octanol–water partition coefficient (Wildman–Crippen LogP) is 2.21. The summed E-state index contributed by atoms with van der Waals surface area (Å²) in [5.41, 5.74) is 7.20. The zero-order valence-electron chi connectivity index (χ0n) is 14.1.